The van der Waals surface area contributed by atoms with Gasteiger partial charge in [0, 0.05) is 5.41 Å². The number of hydrogen-bond donors (Lipinski definition) is 0. The second kappa shape index (κ2) is 15.2. The first-order valence-electron chi connectivity index (χ1n) is 22.1. The van der Waals surface area contributed by atoms with E-state index in [9.17, 15) is 0 Å². The summed E-state index contributed by atoms with van der Waals surface area (Å²) in [5.41, 5.74) is 18.4. The fraction of sp³-hybridized carbons (Fsp3) is 0.115. The second-order valence-corrected chi connectivity index (χ2v) is 17.0. The van der Waals surface area contributed by atoms with E-state index in [1.807, 2.05) is 0 Å². The Morgan fingerprint density at radius 3 is 1.28 bits per heavy atom. The molecule has 1 aliphatic rings. The molecule has 0 unspecified atom stereocenters. The van der Waals surface area contributed by atoms with E-state index in [1.54, 1.807) is 0 Å². The van der Waals surface area contributed by atoms with Gasteiger partial charge >= 0.3 is 0 Å². The summed E-state index contributed by atoms with van der Waals surface area (Å²) in [7, 11) is 0. The van der Waals surface area contributed by atoms with Crippen molar-refractivity contribution in [1.82, 2.24) is 0 Å². The van der Waals surface area contributed by atoms with Crippen LogP contribution >= 0.6 is 0 Å². The largest absolute Gasteiger partial charge is 0.0653 e. The Balaban J connectivity index is 1.13. The average Bonchev–Trinajstić information content (AvgIpc) is 3.59. The third-order valence-electron chi connectivity index (χ3n) is 13.5. The molecule has 61 heavy (non-hydrogen) atoms. The number of rotatable bonds is 9. The molecule has 0 radical (unpaired) electrons. The zero-order valence-corrected chi connectivity index (χ0v) is 35.0. The summed E-state index contributed by atoms with van der Waals surface area (Å²) in [5, 5.41) is 7.66. The van der Waals surface area contributed by atoms with Gasteiger partial charge in [0.1, 0.15) is 0 Å². The lowest BCUT2D eigenvalue weighted by molar-refractivity contribution is 0.436. The van der Waals surface area contributed by atoms with Crippen LogP contribution in [0, 0.1) is 0 Å². The molecule has 11 rings (SSSR count). The van der Waals surface area contributed by atoms with Crippen LogP contribution in [-0.2, 0) is 5.41 Å². The van der Waals surface area contributed by atoms with Crippen molar-refractivity contribution >= 4 is 32.3 Å². The predicted octanol–water partition coefficient (Wildman–Crippen LogP) is 17.3. The highest BCUT2D eigenvalue weighted by Crippen LogP contribution is 2.55. The maximum absolute atomic E-state index is 2.58. The highest BCUT2D eigenvalue weighted by Gasteiger charge is 2.41. The van der Waals surface area contributed by atoms with E-state index in [0.717, 1.165) is 25.7 Å². The summed E-state index contributed by atoms with van der Waals surface area (Å²) >= 11 is 0. The van der Waals surface area contributed by atoms with Gasteiger partial charge in [-0.25, -0.2) is 0 Å². The molecule has 0 N–H and O–H groups in total. The van der Waals surface area contributed by atoms with Crippen LogP contribution in [0.2, 0.25) is 0 Å². The summed E-state index contributed by atoms with van der Waals surface area (Å²) in [4.78, 5) is 0. The maximum atomic E-state index is 2.58. The molecule has 1 aliphatic carbocycles. The monoisotopic (exact) mass is 780 g/mol. The summed E-state index contributed by atoms with van der Waals surface area (Å²) in [6.45, 7) is 4.70. The Morgan fingerprint density at radius 2 is 0.705 bits per heavy atom. The van der Waals surface area contributed by atoms with Gasteiger partial charge in [-0.3, -0.25) is 0 Å². The Labute approximate surface area is 359 Å². The quantitative estimate of drug-likeness (QED) is 0.128. The van der Waals surface area contributed by atoms with Crippen molar-refractivity contribution in [2.75, 3.05) is 0 Å². The molecule has 0 bridgehead atoms. The maximum Gasteiger partial charge on any atom is 0.0215 e. The molecular weight excluding hydrogens is 733 g/mol. The van der Waals surface area contributed by atoms with Gasteiger partial charge in [0.2, 0.25) is 0 Å². The lowest BCUT2D eigenvalue weighted by Crippen LogP contribution is -2.25. The first-order chi connectivity index (χ1) is 30.2. The molecule has 10 aromatic carbocycles. The molecule has 0 amide bonds. The first kappa shape index (κ1) is 37.0. The van der Waals surface area contributed by atoms with E-state index in [-0.39, 0.29) is 5.41 Å². The van der Waals surface area contributed by atoms with Gasteiger partial charge in [-0.15, -0.1) is 0 Å². The summed E-state index contributed by atoms with van der Waals surface area (Å²) < 4.78 is 0. The van der Waals surface area contributed by atoms with Crippen molar-refractivity contribution in [2.24, 2.45) is 0 Å². The Morgan fingerprint density at radius 1 is 0.279 bits per heavy atom. The highest BCUT2D eigenvalue weighted by molar-refractivity contribution is 6.24. The van der Waals surface area contributed by atoms with E-state index in [1.165, 1.54) is 110 Å². The highest BCUT2D eigenvalue weighted by atomic mass is 14.4. The average molecular weight is 781 g/mol. The van der Waals surface area contributed by atoms with Gasteiger partial charge in [0.05, 0.1) is 0 Å². The molecule has 0 heterocycles. The Bertz CT molecular complexity index is 3140. The van der Waals surface area contributed by atoms with E-state index in [0.29, 0.717) is 0 Å². The van der Waals surface area contributed by atoms with Crippen LogP contribution in [-0.4, -0.2) is 0 Å². The van der Waals surface area contributed by atoms with Crippen molar-refractivity contribution in [3.05, 3.63) is 217 Å². The molecule has 0 atom stereocenters. The van der Waals surface area contributed by atoms with Gasteiger partial charge in [0.25, 0.3) is 0 Å². The van der Waals surface area contributed by atoms with Crippen LogP contribution in [0.3, 0.4) is 0 Å². The van der Waals surface area contributed by atoms with Gasteiger partial charge in [-0.2, -0.15) is 0 Å². The molecule has 0 saturated heterocycles. The molecular formula is C61H48. The number of hydrogen-bond acceptors (Lipinski definition) is 0. The van der Waals surface area contributed by atoms with Crippen molar-refractivity contribution in [3.8, 4) is 66.8 Å². The fourth-order valence-corrected chi connectivity index (χ4v) is 11.0. The third-order valence-corrected chi connectivity index (χ3v) is 13.5. The second-order valence-electron chi connectivity index (χ2n) is 17.0. The smallest absolute Gasteiger partial charge is 0.0215 e. The van der Waals surface area contributed by atoms with Gasteiger partial charge in [-0.1, -0.05) is 209 Å². The molecule has 10 aromatic rings. The Kier molecular flexibility index (Phi) is 9.24. The number of benzene rings is 10. The van der Waals surface area contributed by atoms with Crippen LogP contribution in [0.5, 0.6) is 0 Å². The lowest BCUT2D eigenvalue weighted by atomic mass is 9.71. The molecule has 0 aliphatic heterocycles. The number of fused-ring (bicyclic) bond motifs is 6. The van der Waals surface area contributed by atoms with Crippen molar-refractivity contribution < 1.29 is 0 Å². The molecule has 0 fully saturated rings. The van der Waals surface area contributed by atoms with Gasteiger partial charge < -0.3 is 0 Å². The summed E-state index contributed by atoms with van der Waals surface area (Å²) in [6, 6.07) is 77.3. The molecule has 0 spiro atoms. The van der Waals surface area contributed by atoms with Crippen LogP contribution in [0.25, 0.3) is 99.1 Å². The molecule has 292 valence electrons. The first-order valence-corrected chi connectivity index (χ1v) is 22.1. The standard InChI is InChI=1S/C61H48/c1-3-35-61(36-4-2)57-30-18-17-25-50(57)51-32-31-43(40-58(51)61)59-52-26-13-15-28-54(52)60(55-29-16-14-27-53(55)59)56-34-33-47(48-23-11-12-24-49(48)56)46-38-44(41-19-7-5-8-20-41)37-45(39-46)42-21-9-6-10-22-42/h5-34,37-40H,3-4,35-36H2,1-2H3. The fourth-order valence-electron chi connectivity index (χ4n) is 11.0. The minimum atomic E-state index is 0.0279. The van der Waals surface area contributed by atoms with E-state index >= 15 is 0 Å². The van der Waals surface area contributed by atoms with E-state index < -0.39 is 0 Å². The predicted molar refractivity (Wildman–Crippen MR) is 262 cm³/mol. The van der Waals surface area contributed by atoms with Crippen molar-refractivity contribution in [1.29, 1.82) is 0 Å². The van der Waals surface area contributed by atoms with Crippen LogP contribution in [0.15, 0.2) is 206 Å². The molecule has 0 nitrogen and oxygen atoms in total. The van der Waals surface area contributed by atoms with Crippen LogP contribution in [0.4, 0.5) is 0 Å². The van der Waals surface area contributed by atoms with Gasteiger partial charge in [-0.05, 0) is 147 Å². The Hall–Kier alpha value is -7.02. The summed E-state index contributed by atoms with van der Waals surface area (Å²) in [5.74, 6) is 0. The van der Waals surface area contributed by atoms with Crippen LogP contribution < -0.4 is 0 Å². The topological polar surface area (TPSA) is 0 Å². The molecule has 0 saturated carbocycles. The minimum Gasteiger partial charge on any atom is -0.0653 e. The van der Waals surface area contributed by atoms with E-state index in [4.69, 9.17) is 0 Å². The zero-order chi connectivity index (χ0) is 40.9. The van der Waals surface area contributed by atoms with Crippen molar-refractivity contribution in [2.45, 2.75) is 44.9 Å². The van der Waals surface area contributed by atoms with E-state index in [2.05, 4.69) is 220 Å². The van der Waals surface area contributed by atoms with Crippen LogP contribution in [0.1, 0.15) is 50.7 Å². The van der Waals surface area contributed by atoms with Gasteiger partial charge in [0.15, 0.2) is 0 Å². The lowest BCUT2D eigenvalue weighted by Gasteiger charge is -2.32. The zero-order valence-electron chi connectivity index (χ0n) is 35.0. The molecule has 0 heteroatoms. The SMILES string of the molecule is CCCC1(CCC)c2ccccc2-c2ccc(-c3c4ccccc4c(-c4ccc(-c5cc(-c6ccccc6)cc(-c6ccccc6)c5)c5ccccc45)c4ccccc34)cc21. The molecule has 0 aromatic heterocycles. The third kappa shape index (κ3) is 6.04. The summed E-state index contributed by atoms with van der Waals surface area (Å²) in [6.07, 6.45) is 4.61. The normalized spacial score (nSPS) is 12.8. The van der Waals surface area contributed by atoms with Crippen molar-refractivity contribution in [3.63, 3.8) is 0 Å². The minimum absolute atomic E-state index is 0.0279.